The lowest BCUT2D eigenvalue weighted by Crippen LogP contribution is -2.53. The van der Waals surface area contributed by atoms with E-state index in [1.165, 1.54) is 0 Å². The Morgan fingerprint density at radius 3 is 1.53 bits per heavy atom. The first-order chi connectivity index (χ1) is 33.9. The lowest BCUT2D eigenvalue weighted by molar-refractivity contribution is 0.0222. The number of aliphatic imine (C=N–C) groups is 3. The zero-order valence-electron chi connectivity index (χ0n) is 47.7. The van der Waals surface area contributed by atoms with Crippen LogP contribution in [0.3, 0.4) is 0 Å². The standard InChI is InChI=1S/C53H88N8O13/c1-48(2,3)69-42(62)56-40(57-43(63)70-49(4,5)6)55-30-23-21-19-20-22-24-32-60(46(66)73-52(13,14)15)41(58-44(64)71-50(7,8)9)61(47(67)74-53(16,17)18)34-35-68-36-37-26-28-38(29-27-37)39-54-31-25-33-59(39)45(65)72-51(10,11)12/h26-29H,19-25,30-36H2,1-18H3,(H2,55,56,57,62,63). The summed E-state index contributed by atoms with van der Waals surface area (Å²) in [6.45, 7) is 32.1. The molecule has 0 spiro atoms. The second-order valence-corrected chi connectivity index (χ2v) is 23.7. The highest BCUT2D eigenvalue weighted by Gasteiger charge is 2.36. The van der Waals surface area contributed by atoms with E-state index in [9.17, 15) is 28.8 Å². The van der Waals surface area contributed by atoms with Gasteiger partial charge in [0.1, 0.15) is 39.4 Å². The highest BCUT2D eigenvalue weighted by Crippen LogP contribution is 2.21. The first kappa shape index (κ1) is 64.1. The van der Waals surface area contributed by atoms with Crippen molar-refractivity contribution in [1.82, 2.24) is 25.3 Å². The van der Waals surface area contributed by atoms with Gasteiger partial charge in [-0.15, -0.1) is 4.99 Å². The maximum Gasteiger partial charge on any atom is 0.437 e. The van der Waals surface area contributed by atoms with Crippen LogP contribution in [0.1, 0.15) is 181 Å². The summed E-state index contributed by atoms with van der Waals surface area (Å²) in [4.78, 5) is 96.9. The van der Waals surface area contributed by atoms with Crippen molar-refractivity contribution in [3.8, 4) is 0 Å². The number of hydrogen-bond acceptors (Lipinski definition) is 15. The molecule has 1 aliphatic heterocycles. The van der Waals surface area contributed by atoms with Crippen LogP contribution in [0.25, 0.3) is 0 Å². The molecule has 21 nitrogen and oxygen atoms in total. The molecule has 0 unspecified atom stereocenters. The van der Waals surface area contributed by atoms with Crippen molar-refractivity contribution in [2.24, 2.45) is 15.0 Å². The smallest absolute Gasteiger partial charge is 0.437 e. The maximum absolute atomic E-state index is 14.2. The minimum Gasteiger partial charge on any atom is -0.444 e. The summed E-state index contributed by atoms with van der Waals surface area (Å²) in [7, 11) is 0. The van der Waals surface area contributed by atoms with Crippen LogP contribution in [0, 0.1) is 0 Å². The molecule has 1 aromatic rings. The van der Waals surface area contributed by atoms with Gasteiger partial charge in [-0.25, -0.2) is 38.6 Å². The van der Waals surface area contributed by atoms with E-state index in [1.807, 2.05) is 45.0 Å². The number of ether oxygens (including phenoxy) is 7. The molecule has 0 saturated heterocycles. The van der Waals surface area contributed by atoms with Gasteiger partial charge in [-0.1, -0.05) is 49.9 Å². The lowest BCUT2D eigenvalue weighted by Gasteiger charge is -2.34. The Kier molecular flexibility index (Phi) is 24.3. The molecule has 2 N–H and O–H groups in total. The largest absolute Gasteiger partial charge is 0.444 e. The van der Waals surface area contributed by atoms with Crippen molar-refractivity contribution >= 4 is 54.3 Å². The number of nitrogens with zero attached hydrogens (tertiary/aromatic N) is 6. The fourth-order valence-corrected chi connectivity index (χ4v) is 6.45. The van der Waals surface area contributed by atoms with Gasteiger partial charge in [0, 0.05) is 31.7 Å². The molecular formula is C53H88N8O13. The van der Waals surface area contributed by atoms with Crippen LogP contribution in [-0.2, 0) is 39.8 Å². The van der Waals surface area contributed by atoms with Gasteiger partial charge in [-0.2, -0.15) is 0 Å². The zero-order chi connectivity index (χ0) is 56.3. The molecule has 0 fully saturated rings. The van der Waals surface area contributed by atoms with Crippen molar-refractivity contribution in [2.45, 2.75) is 210 Å². The third kappa shape index (κ3) is 27.9. The van der Waals surface area contributed by atoms with Crippen molar-refractivity contribution in [1.29, 1.82) is 0 Å². The van der Waals surface area contributed by atoms with Crippen LogP contribution in [0.4, 0.5) is 28.8 Å². The molecule has 0 aromatic heterocycles. The van der Waals surface area contributed by atoms with E-state index in [1.54, 1.807) is 109 Å². The Morgan fingerprint density at radius 2 is 1.04 bits per heavy atom. The molecule has 1 heterocycles. The van der Waals surface area contributed by atoms with Gasteiger partial charge in [0.25, 0.3) is 0 Å². The summed E-state index contributed by atoms with van der Waals surface area (Å²) in [5, 5.41) is 4.96. The highest BCUT2D eigenvalue weighted by atomic mass is 16.6. The number of hydrogen-bond donors (Lipinski definition) is 2. The zero-order valence-corrected chi connectivity index (χ0v) is 47.7. The predicted molar refractivity (Wildman–Crippen MR) is 283 cm³/mol. The summed E-state index contributed by atoms with van der Waals surface area (Å²) >= 11 is 0. The first-order valence-electron chi connectivity index (χ1n) is 25.5. The third-order valence-corrected chi connectivity index (χ3v) is 9.20. The number of benzene rings is 1. The van der Waals surface area contributed by atoms with Crippen molar-refractivity contribution < 1.29 is 61.9 Å². The predicted octanol–water partition coefficient (Wildman–Crippen LogP) is 11.1. The molecule has 0 atom stereocenters. The van der Waals surface area contributed by atoms with Crippen LogP contribution in [-0.4, -0.2) is 142 Å². The Bertz CT molecular complexity index is 2080. The maximum atomic E-state index is 14.2. The van der Waals surface area contributed by atoms with Gasteiger partial charge in [0.05, 0.1) is 19.8 Å². The van der Waals surface area contributed by atoms with Crippen LogP contribution in [0.2, 0.25) is 0 Å². The first-order valence-corrected chi connectivity index (χ1v) is 25.5. The average molecular weight is 1050 g/mol. The van der Waals surface area contributed by atoms with E-state index in [2.05, 4.69) is 25.6 Å². The molecule has 2 rings (SSSR count). The number of amidine groups is 1. The summed E-state index contributed by atoms with van der Waals surface area (Å²) in [6.07, 6.45) is -0.163. The Labute approximate surface area is 439 Å². The third-order valence-electron chi connectivity index (χ3n) is 9.20. The van der Waals surface area contributed by atoms with Crippen molar-refractivity contribution in [2.75, 3.05) is 39.3 Å². The fourth-order valence-electron chi connectivity index (χ4n) is 6.45. The van der Waals surface area contributed by atoms with E-state index in [-0.39, 0.29) is 44.8 Å². The van der Waals surface area contributed by atoms with Crippen LogP contribution in [0.5, 0.6) is 0 Å². The van der Waals surface area contributed by atoms with Gasteiger partial charge in [0.2, 0.25) is 11.9 Å². The van der Waals surface area contributed by atoms with E-state index < -0.39 is 70.2 Å². The van der Waals surface area contributed by atoms with Gasteiger partial charge >= 0.3 is 36.6 Å². The lowest BCUT2D eigenvalue weighted by atomic mass is 10.1. The Morgan fingerprint density at radius 1 is 0.581 bits per heavy atom. The molecule has 0 bridgehead atoms. The topological polar surface area (TPSA) is 238 Å². The van der Waals surface area contributed by atoms with Gasteiger partial charge in [0.15, 0.2) is 0 Å². The number of nitrogens with one attached hydrogen (secondary N) is 2. The molecule has 0 aliphatic carbocycles. The van der Waals surface area contributed by atoms with E-state index in [0.717, 1.165) is 40.2 Å². The molecule has 1 aromatic carbocycles. The van der Waals surface area contributed by atoms with E-state index in [4.69, 9.17) is 33.2 Å². The quantitative estimate of drug-likeness (QED) is 0.0720. The number of unbranched alkanes of at least 4 members (excludes halogenated alkanes) is 5. The average Bonchev–Trinajstić information content (AvgIpc) is 3.20. The van der Waals surface area contributed by atoms with Crippen LogP contribution >= 0.6 is 0 Å². The Balaban J connectivity index is 2.32. The van der Waals surface area contributed by atoms with Gasteiger partial charge < -0.3 is 33.2 Å². The van der Waals surface area contributed by atoms with Crippen LogP contribution in [0.15, 0.2) is 39.2 Å². The summed E-state index contributed by atoms with van der Waals surface area (Å²) in [6, 6.07) is 7.41. The monoisotopic (exact) mass is 1040 g/mol. The van der Waals surface area contributed by atoms with Crippen molar-refractivity contribution in [3.05, 3.63) is 35.4 Å². The molecule has 0 radical (unpaired) electrons. The summed E-state index contributed by atoms with van der Waals surface area (Å²) in [5.41, 5.74) is -3.60. The number of rotatable bonds is 15. The molecular weight excluding hydrogens is 957 g/mol. The highest BCUT2D eigenvalue weighted by molar-refractivity contribution is 6.07. The second kappa shape index (κ2) is 28.1. The molecule has 21 heteroatoms. The normalized spacial score (nSPS) is 13.7. The number of guanidine groups is 2. The molecule has 0 saturated carbocycles. The molecule has 74 heavy (non-hydrogen) atoms. The molecule has 1 aliphatic rings. The Hall–Kier alpha value is -5.99. The SMILES string of the molecule is CC(C)(C)OC(=O)N=C(N(CCCCCCCCN=C(NC(=O)OC(C)(C)C)NC(=O)OC(C)(C)C)C(=O)OC(C)(C)C)N(CCOCc1ccc(C2=NCCCN2C(=O)OC(C)(C)C)cc1)C(=O)OC(C)(C)C. The van der Waals surface area contributed by atoms with Gasteiger partial charge in [-0.3, -0.25) is 25.5 Å². The van der Waals surface area contributed by atoms with Crippen LogP contribution < -0.4 is 10.6 Å². The minimum absolute atomic E-state index is 0.0000185. The fraction of sp³-hybridized carbons (Fsp3) is 0.717. The summed E-state index contributed by atoms with van der Waals surface area (Å²) < 4.78 is 39.6. The second-order valence-electron chi connectivity index (χ2n) is 23.7. The van der Waals surface area contributed by atoms with E-state index in [0.29, 0.717) is 44.6 Å². The van der Waals surface area contributed by atoms with E-state index >= 15 is 0 Å². The number of amides is 6. The number of carbonyl (C=O) groups excluding carboxylic acids is 6. The summed E-state index contributed by atoms with van der Waals surface area (Å²) in [5.74, 6) is 0.0709. The minimum atomic E-state index is -1.04. The molecule has 418 valence electrons. The van der Waals surface area contributed by atoms with Gasteiger partial charge in [-0.05, 0) is 149 Å². The number of alkyl carbamates (subject to hydrolysis) is 2. The number of carbonyl (C=O) groups is 6. The van der Waals surface area contributed by atoms with Crippen molar-refractivity contribution in [3.63, 3.8) is 0 Å². The molecule has 6 amide bonds.